The van der Waals surface area contributed by atoms with E-state index in [1.165, 1.54) is 17.7 Å². The van der Waals surface area contributed by atoms with Gasteiger partial charge in [-0.15, -0.1) is 0 Å². The van der Waals surface area contributed by atoms with E-state index in [0.717, 1.165) is 53.5 Å². The molecule has 0 unspecified atom stereocenters. The molecule has 2 aromatic carbocycles. The van der Waals surface area contributed by atoms with Gasteiger partial charge in [-0.25, -0.2) is 9.37 Å². The Morgan fingerprint density at radius 2 is 1.89 bits per heavy atom. The molecule has 0 aliphatic carbocycles. The van der Waals surface area contributed by atoms with E-state index in [0.29, 0.717) is 13.1 Å². The van der Waals surface area contributed by atoms with Crippen LogP contribution in [0.3, 0.4) is 0 Å². The highest BCUT2D eigenvalue weighted by Gasteiger charge is 2.32. The van der Waals surface area contributed by atoms with Crippen molar-refractivity contribution in [2.24, 2.45) is 5.92 Å². The Bertz CT molecular complexity index is 1360. The molecule has 2 aliphatic rings. The standard InChI is InChI=1S/C28H30FN5O/c1-31(2)11-9-20-15-32(18-27(20)35)24-7-8-25-22(13-24)17-33-16-21(19-3-5-23(29)6-4-19)14-26(33)28-30-10-12-34(25)28/h3-8,10,12-14,16,20,27,35H,9,11,15,17-18H2,1-2H3/t20-,27-/m1/s1. The van der Waals surface area contributed by atoms with Gasteiger partial charge in [0.15, 0.2) is 5.82 Å². The molecule has 2 aromatic heterocycles. The van der Waals surface area contributed by atoms with Crippen LogP contribution in [0.25, 0.3) is 28.3 Å². The molecule has 6 nitrogen and oxygen atoms in total. The highest BCUT2D eigenvalue weighted by atomic mass is 19.1. The van der Waals surface area contributed by atoms with Crippen molar-refractivity contribution >= 4 is 5.69 Å². The van der Waals surface area contributed by atoms with Crippen LogP contribution in [-0.2, 0) is 6.54 Å². The molecule has 0 radical (unpaired) electrons. The lowest BCUT2D eigenvalue weighted by molar-refractivity contribution is 0.138. The Kier molecular flexibility index (Phi) is 5.46. The highest BCUT2D eigenvalue weighted by molar-refractivity contribution is 5.72. The van der Waals surface area contributed by atoms with Gasteiger partial charge in [-0.3, -0.25) is 4.57 Å². The van der Waals surface area contributed by atoms with Crippen LogP contribution < -0.4 is 4.90 Å². The maximum absolute atomic E-state index is 13.5. The quantitative estimate of drug-likeness (QED) is 0.416. The number of imidazole rings is 1. The van der Waals surface area contributed by atoms with Crippen molar-refractivity contribution in [3.8, 4) is 28.3 Å². The third kappa shape index (κ3) is 4.05. The zero-order valence-electron chi connectivity index (χ0n) is 20.1. The summed E-state index contributed by atoms with van der Waals surface area (Å²) in [6.07, 6.45) is 6.65. The van der Waals surface area contributed by atoms with Crippen molar-refractivity contribution in [3.05, 3.63) is 78.5 Å². The number of hydrogen-bond acceptors (Lipinski definition) is 4. The second-order valence-corrected chi connectivity index (χ2v) is 10.0. The molecule has 1 saturated heterocycles. The number of anilines is 1. The van der Waals surface area contributed by atoms with Gasteiger partial charge in [-0.05, 0) is 74.6 Å². The van der Waals surface area contributed by atoms with Crippen molar-refractivity contribution in [2.45, 2.75) is 19.1 Å². The Morgan fingerprint density at radius 1 is 1.06 bits per heavy atom. The van der Waals surface area contributed by atoms with Crippen LogP contribution in [0.1, 0.15) is 12.0 Å². The van der Waals surface area contributed by atoms with E-state index < -0.39 is 0 Å². The van der Waals surface area contributed by atoms with Gasteiger partial charge < -0.3 is 19.5 Å². The first-order chi connectivity index (χ1) is 17.0. The Hall–Kier alpha value is -3.42. The van der Waals surface area contributed by atoms with Gasteiger partial charge in [0.05, 0.1) is 17.5 Å². The Balaban J connectivity index is 1.34. The number of nitrogens with zero attached hydrogens (tertiary/aromatic N) is 5. The average Bonchev–Trinajstić information content (AvgIpc) is 3.55. The molecular formula is C28H30FN5O. The third-order valence-corrected chi connectivity index (χ3v) is 7.33. The van der Waals surface area contributed by atoms with Gasteiger partial charge in [0.1, 0.15) is 5.82 Å². The second kappa shape index (κ2) is 8.66. The summed E-state index contributed by atoms with van der Waals surface area (Å²) >= 11 is 0. The molecule has 35 heavy (non-hydrogen) atoms. The minimum Gasteiger partial charge on any atom is -0.391 e. The van der Waals surface area contributed by atoms with Gasteiger partial charge in [0, 0.05) is 55.4 Å². The topological polar surface area (TPSA) is 49.5 Å². The Morgan fingerprint density at radius 3 is 2.69 bits per heavy atom. The first-order valence-corrected chi connectivity index (χ1v) is 12.2. The number of aliphatic hydroxyl groups is 1. The van der Waals surface area contributed by atoms with E-state index >= 15 is 0 Å². The maximum Gasteiger partial charge on any atom is 0.161 e. The molecule has 2 atom stereocenters. The first-order valence-electron chi connectivity index (χ1n) is 12.2. The van der Waals surface area contributed by atoms with Crippen molar-refractivity contribution in [1.82, 2.24) is 19.0 Å². The lowest BCUT2D eigenvalue weighted by Gasteiger charge is -2.21. The van der Waals surface area contributed by atoms with Crippen LogP contribution in [0.4, 0.5) is 10.1 Å². The largest absolute Gasteiger partial charge is 0.391 e. The minimum atomic E-state index is -0.302. The molecular weight excluding hydrogens is 441 g/mol. The predicted molar refractivity (Wildman–Crippen MR) is 136 cm³/mol. The van der Waals surface area contributed by atoms with Crippen molar-refractivity contribution < 1.29 is 9.50 Å². The minimum absolute atomic E-state index is 0.234. The summed E-state index contributed by atoms with van der Waals surface area (Å²) in [7, 11) is 4.15. The highest BCUT2D eigenvalue weighted by Crippen LogP contribution is 2.36. The fourth-order valence-electron chi connectivity index (χ4n) is 5.40. The number of hydrogen-bond donors (Lipinski definition) is 1. The molecule has 1 fully saturated rings. The second-order valence-electron chi connectivity index (χ2n) is 10.0. The van der Waals surface area contributed by atoms with Crippen LogP contribution in [0, 0.1) is 11.7 Å². The average molecular weight is 472 g/mol. The number of fused-ring (bicyclic) bond motifs is 5. The monoisotopic (exact) mass is 471 g/mol. The molecule has 0 amide bonds. The van der Waals surface area contributed by atoms with Crippen molar-refractivity contribution in [2.75, 3.05) is 38.6 Å². The lowest BCUT2D eigenvalue weighted by atomic mass is 10.0. The number of β-amino-alcohol motifs (C(OH)–C–C–N with tert-alkyl or cyclic N) is 1. The molecule has 0 bridgehead atoms. The molecule has 0 spiro atoms. The third-order valence-electron chi connectivity index (χ3n) is 7.33. The summed E-state index contributed by atoms with van der Waals surface area (Å²) in [4.78, 5) is 9.15. The molecule has 4 aromatic rings. The summed E-state index contributed by atoms with van der Waals surface area (Å²) in [6.45, 7) is 3.23. The summed E-state index contributed by atoms with van der Waals surface area (Å²) in [5, 5.41) is 10.7. The maximum atomic E-state index is 13.5. The smallest absolute Gasteiger partial charge is 0.161 e. The van der Waals surface area contributed by atoms with Gasteiger partial charge in [0.25, 0.3) is 0 Å². The zero-order valence-corrected chi connectivity index (χ0v) is 20.1. The van der Waals surface area contributed by atoms with Gasteiger partial charge >= 0.3 is 0 Å². The molecule has 4 heterocycles. The van der Waals surface area contributed by atoms with E-state index in [1.54, 1.807) is 0 Å². The summed E-state index contributed by atoms with van der Waals surface area (Å²) in [5.74, 6) is 0.943. The number of rotatable bonds is 5. The van der Waals surface area contributed by atoms with E-state index in [2.05, 4.69) is 68.5 Å². The number of halogens is 1. The zero-order chi connectivity index (χ0) is 24.1. The first kappa shape index (κ1) is 22.1. The molecule has 2 aliphatic heterocycles. The van der Waals surface area contributed by atoms with Crippen LogP contribution in [0.15, 0.2) is 67.1 Å². The fraction of sp³-hybridized carbons (Fsp3) is 0.321. The summed E-state index contributed by atoms with van der Waals surface area (Å²) < 4.78 is 17.8. The van der Waals surface area contributed by atoms with E-state index in [1.807, 2.05) is 24.5 Å². The van der Waals surface area contributed by atoms with E-state index in [9.17, 15) is 9.50 Å². The molecule has 6 rings (SSSR count). The molecule has 1 N–H and O–H groups in total. The van der Waals surface area contributed by atoms with Crippen LogP contribution in [-0.4, -0.2) is 64.0 Å². The van der Waals surface area contributed by atoms with Crippen molar-refractivity contribution in [3.63, 3.8) is 0 Å². The van der Waals surface area contributed by atoms with Crippen molar-refractivity contribution in [1.29, 1.82) is 0 Å². The molecule has 7 heteroatoms. The summed E-state index contributed by atoms with van der Waals surface area (Å²) in [5.41, 5.74) is 6.53. The van der Waals surface area contributed by atoms with Gasteiger partial charge in [0.2, 0.25) is 0 Å². The normalized spacial score (nSPS) is 18.9. The molecule has 180 valence electrons. The summed E-state index contributed by atoms with van der Waals surface area (Å²) in [6, 6.07) is 15.3. The van der Waals surface area contributed by atoms with E-state index in [4.69, 9.17) is 0 Å². The lowest BCUT2D eigenvalue weighted by Crippen LogP contribution is -2.23. The SMILES string of the molecule is CN(C)CC[C@@H]1CN(c2ccc3c(c2)Cn2cc(-c4ccc(F)cc4)cc2-c2nccn2-3)C[C@H]1O. The van der Waals surface area contributed by atoms with E-state index in [-0.39, 0.29) is 17.8 Å². The predicted octanol–water partition coefficient (Wildman–Crippen LogP) is 4.26. The number of aromatic nitrogens is 3. The number of aliphatic hydroxyl groups excluding tert-OH is 1. The van der Waals surface area contributed by atoms with Crippen LogP contribution in [0.2, 0.25) is 0 Å². The fourth-order valence-corrected chi connectivity index (χ4v) is 5.40. The van der Waals surface area contributed by atoms with Crippen LogP contribution >= 0.6 is 0 Å². The van der Waals surface area contributed by atoms with Gasteiger partial charge in [-0.1, -0.05) is 12.1 Å². The van der Waals surface area contributed by atoms with Gasteiger partial charge in [-0.2, -0.15) is 0 Å². The Labute approximate surface area is 204 Å². The number of benzene rings is 2. The molecule has 0 saturated carbocycles. The van der Waals surface area contributed by atoms with Crippen LogP contribution in [0.5, 0.6) is 0 Å².